The van der Waals surface area contributed by atoms with E-state index >= 15 is 0 Å². The van der Waals surface area contributed by atoms with E-state index < -0.39 is 5.97 Å². The number of carboxylic acid groups (broad SMARTS) is 1. The molecular weight excluding hydrogens is 442 g/mol. The molecule has 1 fully saturated rings. The molecule has 1 aliphatic rings. The highest BCUT2D eigenvalue weighted by Crippen LogP contribution is 2.38. The lowest BCUT2D eigenvalue weighted by molar-refractivity contribution is 0.0695. The Balaban J connectivity index is 1.72. The van der Waals surface area contributed by atoms with E-state index in [2.05, 4.69) is 22.6 Å². The maximum absolute atomic E-state index is 13.0. The molecule has 2 aromatic carbocycles. The summed E-state index contributed by atoms with van der Waals surface area (Å²) in [5, 5.41) is 15.7. The molecule has 184 valence electrons. The largest absolute Gasteiger partial charge is 0.478 e. The van der Waals surface area contributed by atoms with E-state index in [0.717, 1.165) is 24.1 Å². The SMILES string of the molecule is Cc1cccc(NC(=O)Nc2cc(-c3c(C)oc(C)c3C(=O)O)ccc2N(C)C2CCCCC2)c1. The lowest BCUT2D eigenvalue weighted by atomic mass is 9.93. The summed E-state index contributed by atoms with van der Waals surface area (Å²) >= 11 is 0. The highest BCUT2D eigenvalue weighted by Gasteiger charge is 2.25. The van der Waals surface area contributed by atoms with Crippen molar-refractivity contribution < 1.29 is 19.1 Å². The van der Waals surface area contributed by atoms with Crippen LogP contribution >= 0.6 is 0 Å². The molecule has 3 aromatic rings. The molecule has 0 saturated heterocycles. The first-order valence-corrected chi connectivity index (χ1v) is 12.1. The topological polar surface area (TPSA) is 94.8 Å². The summed E-state index contributed by atoms with van der Waals surface area (Å²) in [6.45, 7) is 5.38. The second-order valence-electron chi connectivity index (χ2n) is 9.35. The summed E-state index contributed by atoms with van der Waals surface area (Å²) in [7, 11) is 2.06. The molecule has 1 aromatic heterocycles. The summed E-state index contributed by atoms with van der Waals surface area (Å²) in [6.07, 6.45) is 5.86. The first-order valence-electron chi connectivity index (χ1n) is 12.1. The van der Waals surface area contributed by atoms with Crippen LogP contribution in [0.3, 0.4) is 0 Å². The second kappa shape index (κ2) is 10.3. The molecule has 0 unspecified atom stereocenters. The van der Waals surface area contributed by atoms with E-state index in [1.165, 1.54) is 19.3 Å². The number of urea groups is 1. The van der Waals surface area contributed by atoms with Gasteiger partial charge in [0.15, 0.2) is 0 Å². The maximum atomic E-state index is 13.0. The van der Waals surface area contributed by atoms with Crippen molar-refractivity contribution in [1.29, 1.82) is 0 Å². The van der Waals surface area contributed by atoms with Gasteiger partial charge in [0.25, 0.3) is 0 Å². The number of aromatic carboxylic acids is 1. The highest BCUT2D eigenvalue weighted by atomic mass is 16.4. The maximum Gasteiger partial charge on any atom is 0.339 e. The third kappa shape index (κ3) is 5.34. The van der Waals surface area contributed by atoms with Gasteiger partial charge in [-0.2, -0.15) is 0 Å². The van der Waals surface area contributed by atoms with Crippen LogP contribution in [0, 0.1) is 20.8 Å². The van der Waals surface area contributed by atoms with Crippen LogP contribution in [0.1, 0.15) is 59.5 Å². The van der Waals surface area contributed by atoms with Crippen molar-refractivity contribution >= 4 is 29.1 Å². The molecule has 0 aliphatic heterocycles. The van der Waals surface area contributed by atoms with Crippen LogP contribution in [0.25, 0.3) is 11.1 Å². The quantitative estimate of drug-likeness (QED) is 0.357. The van der Waals surface area contributed by atoms with Crippen LogP contribution < -0.4 is 15.5 Å². The molecule has 1 aliphatic carbocycles. The number of rotatable bonds is 6. The number of benzene rings is 2. The zero-order valence-electron chi connectivity index (χ0n) is 20.8. The van der Waals surface area contributed by atoms with E-state index in [4.69, 9.17) is 4.42 Å². The predicted octanol–water partition coefficient (Wildman–Crippen LogP) is 6.98. The number of carbonyl (C=O) groups excluding carboxylic acids is 1. The normalized spacial score (nSPS) is 13.9. The van der Waals surface area contributed by atoms with Crippen LogP contribution in [0.15, 0.2) is 46.9 Å². The molecule has 2 amide bonds. The number of hydrogen-bond donors (Lipinski definition) is 3. The number of anilines is 3. The number of furan rings is 1. The average Bonchev–Trinajstić information content (AvgIpc) is 3.13. The molecule has 1 saturated carbocycles. The number of hydrogen-bond acceptors (Lipinski definition) is 4. The van der Waals surface area contributed by atoms with Gasteiger partial charge in [-0.25, -0.2) is 9.59 Å². The van der Waals surface area contributed by atoms with Gasteiger partial charge in [0.1, 0.15) is 17.1 Å². The second-order valence-corrected chi connectivity index (χ2v) is 9.35. The predicted molar refractivity (Wildman–Crippen MR) is 140 cm³/mol. The Labute approximate surface area is 206 Å². The van der Waals surface area contributed by atoms with Crippen molar-refractivity contribution in [3.8, 4) is 11.1 Å². The fourth-order valence-electron chi connectivity index (χ4n) is 5.06. The van der Waals surface area contributed by atoms with Crippen LogP contribution in [-0.4, -0.2) is 30.2 Å². The number of amides is 2. The molecule has 0 bridgehead atoms. The minimum atomic E-state index is -1.04. The third-order valence-corrected chi connectivity index (χ3v) is 6.79. The van der Waals surface area contributed by atoms with E-state index in [9.17, 15) is 14.7 Å². The van der Waals surface area contributed by atoms with Crippen LogP contribution in [0.4, 0.5) is 21.9 Å². The van der Waals surface area contributed by atoms with E-state index in [1.54, 1.807) is 13.8 Å². The zero-order chi connectivity index (χ0) is 25.1. The van der Waals surface area contributed by atoms with E-state index in [0.29, 0.717) is 40.1 Å². The summed E-state index contributed by atoms with van der Waals surface area (Å²) in [4.78, 5) is 27.2. The van der Waals surface area contributed by atoms with Crippen molar-refractivity contribution in [2.24, 2.45) is 0 Å². The molecular formula is C28H33N3O4. The first kappa shape index (κ1) is 24.4. The molecule has 35 heavy (non-hydrogen) atoms. The van der Waals surface area contributed by atoms with E-state index in [1.807, 2.05) is 49.4 Å². The molecule has 1 heterocycles. The van der Waals surface area contributed by atoms with Gasteiger partial charge >= 0.3 is 12.0 Å². The lowest BCUT2D eigenvalue weighted by Crippen LogP contribution is -2.34. The summed E-state index contributed by atoms with van der Waals surface area (Å²) in [6, 6.07) is 13.4. The molecule has 4 rings (SSSR count). The van der Waals surface area contributed by atoms with Gasteiger partial charge in [-0.1, -0.05) is 37.5 Å². The Morgan fingerprint density at radius 3 is 2.40 bits per heavy atom. The minimum Gasteiger partial charge on any atom is -0.478 e. The molecule has 0 atom stereocenters. The molecule has 3 N–H and O–H groups in total. The molecule has 7 nitrogen and oxygen atoms in total. The van der Waals surface area contributed by atoms with Crippen LogP contribution in [0.5, 0.6) is 0 Å². The van der Waals surface area contributed by atoms with Gasteiger partial charge in [-0.05, 0) is 69.0 Å². The van der Waals surface area contributed by atoms with Crippen LogP contribution in [0.2, 0.25) is 0 Å². The number of nitrogens with one attached hydrogen (secondary N) is 2. The van der Waals surface area contributed by atoms with Gasteiger partial charge < -0.3 is 25.1 Å². The van der Waals surface area contributed by atoms with Crippen molar-refractivity contribution in [3.63, 3.8) is 0 Å². The smallest absolute Gasteiger partial charge is 0.339 e. The van der Waals surface area contributed by atoms with Gasteiger partial charge in [0, 0.05) is 24.3 Å². The van der Waals surface area contributed by atoms with Gasteiger partial charge in [0.2, 0.25) is 0 Å². The molecule has 0 radical (unpaired) electrons. The highest BCUT2D eigenvalue weighted by molar-refractivity contribution is 6.03. The van der Waals surface area contributed by atoms with Gasteiger partial charge in [-0.15, -0.1) is 0 Å². The number of carboxylic acids is 1. The Bertz CT molecular complexity index is 1240. The monoisotopic (exact) mass is 475 g/mol. The Morgan fingerprint density at radius 2 is 1.71 bits per heavy atom. The van der Waals surface area contributed by atoms with Crippen LogP contribution in [-0.2, 0) is 0 Å². The molecule has 0 spiro atoms. The average molecular weight is 476 g/mol. The fourth-order valence-corrected chi connectivity index (χ4v) is 5.06. The van der Waals surface area contributed by atoms with Gasteiger partial charge in [-0.3, -0.25) is 0 Å². The zero-order valence-corrected chi connectivity index (χ0v) is 20.8. The lowest BCUT2D eigenvalue weighted by Gasteiger charge is -2.34. The van der Waals surface area contributed by atoms with Gasteiger partial charge in [0.05, 0.1) is 11.4 Å². The van der Waals surface area contributed by atoms with Crippen molar-refractivity contribution in [2.45, 2.75) is 58.9 Å². The first-order chi connectivity index (χ1) is 16.7. The number of carbonyl (C=O) groups is 2. The van der Waals surface area contributed by atoms with Crippen molar-refractivity contribution in [1.82, 2.24) is 0 Å². The fraction of sp³-hybridized carbons (Fsp3) is 0.357. The third-order valence-electron chi connectivity index (χ3n) is 6.79. The minimum absolute atomic E-state index is 0.144. The Morgan fingerprint density at radius 1 is 0.971 bits per heavy atom. The molecule has 7 heteroatoms. The standard InChI is InChI=1S/C28H33N3O4/c1-17-9-8-10-21(15-17)29-28(34)30-23-16-20(25-18(2)35-19(3)26(25)27(32)33)13-14-24(23)31(4)22-11-6-5-7-12-22/h8-10,13-16,22H,5-7,11-12H2,1-4H3,(H,32,33)(H2,29,30,34). The summed E-state index contributed by atoms with van der Waals surface area (Å²) < 4.78 is 5.65. The van der Waals surface area contributed by atoms with Crippen molar-refractivity contribution in [3.05, 3.63) is 65.1 Å². The van der Waals surface area contributed by atoms with E-state index in [-0.39, 0.29) is 11.6 Å². The number of nitrogens with zero attached hydrogens (tertiary/aromatic N) is 1. The Kier molecular flexibility index (Phi) is 7.15. The number of aryl methyl sites for hydroxylation is 3. The summed E-state index contributed by atoms with van der Waals surface area (Å²) in [5.41, 5.74) is 4.63. The Hall–Kier alpha value is -3.74. The van der Waals surface area contributed by atoms with Crippen molar-refractivity contribution in [2.75, 3.05) is 22.6 Å². The summed E-state index contributed by atoms with van der Waals surface area (Å²) in [5.74, 6) is -0.145.